The van der Waals surface area contributed by atoms with Crippen LogP contribution in [0.5, 0.6) is 0 Å². The first-order valence-electron chi connectivity index (χ1n) is 6.63. The van der Waals surface area contributed by atoms with Gasteiger partial charge in [-0.25, -0.2) is 0 Å². The summed E-state index contributed by atoms with van der Waals surface area (Å²) in [6, 6.07) is 7.88. The van der Waals surface area contributed by atoms with Gasteiger partial charge in [0.1, 0.15) is 0 Å². The molecule has 1 aromatic heterocycles. The number of ketones is 1. The number of fused-ring (bicyclic) bond motifs is 1. The Bertz CT molecular complexity index is 545. The van der Waals surface area contributed by atoms with Gasteiger partial charge in [-0.1, -0.05) is 18.2 Å². The van der Waals surface area contributed by atoms with Gasteiger partial charge in [0.15, 0.2) is 5.78 Å². The minimum absolute atomic E-state index is 0.141. The van der Waals surface area contributed by atoms with E-state index in [4.69, 9.17) is 0 Å². The van der Waals surface area contributed by atoms with E-state index < -0.39 is 0 Å². The molecule has 0 aliphatic rings. The fourth-order valence-electron chi connectivity index (χ4n) is 2.12. The van der Waals surface area contributed by atoms with Crippen molar-refractivity contribution in [2.24, 2.45) is 0 Å². The Labute approximate surface area is 113 Å². The molecule has 0 unspecified atom stereocenters. The summed E-state index contributed by atoms with van der Waals surface area (Å²) in [4.78, 5) is 17.4. The lowest BCUT2D eigenvalue weighted by atomic mass is 10.1. The Balaban J connectivity index is 1.86. The molecular weight excluding hydrogens is 238 g/mol. The van der Waals surface area contributed by atoms with Crippen LogP contribution < -0.4 is 5.32 Å². The summed E-state index contributed by atoms with van der Waals surface area (Å²) in [6.07, 6.45) is 2.85. The number of aromatic nitrogens is 1. The van der Waals surface area contributed by atoms with Gasteiger partial charge >= 0.3 is 0 Å². The molecule has 1 aromatic carbocycles. The van der Waals surface area contributed by atoms with Crippen LogP contribution in [0.4, 0.5) is 0 Å². The normalized spacial score (nSPS) is 11.3. The standard InChI is InChI=1S/C15H21N3O/c1-18(2)9-5-8-16-11-15(19)13-10-17-14-7-4-3-6-12(13)14/h3-4,6-7,10,16-17H,5,8-9,11H2,1-2H3. The van der Waals surface area contributed by atoms with E-state index in [2.05, 4.69) is 29.3 Å². The van der Waals surface area contributed by atoms with Crippen LogP contribution >= 0.6 is 0 Å². The number of Topliss-reactive ketones (excluding diaryl/α,β-unsaturated/α-hetero) is 1. The summed E-state index contributed by atoms with van der Waals surface area (Å²) < 4.78 is 0. The molecule has 0 aliphatic heterocycles. The second-order valence-corrected chi connectivity index (χ2v) is 5.00. The average Bonchev–Trinajstić information content (AvgIpc) is 2.81. The number of rotatable bonds is 7. The second kappa shape index (κ2) is 6.50. The van der Waals surface area contributed by atoms with Gasteiger partial charge in [0, 0.05) is 22.7 Å². The molecule has 0 bridgehead atoms. The lowest BCUT2D eigenvalue weighted by molar-refractivity contribution is 0.0992. The van der Waals surface area contributed by atoms with Crippen LogP contribution in [0.25, 0.3) is 10.9 Å². The molecule has 4 heteroatoms. The first kappa shape index (κ1) is 13.8. The summed E-state index contributed by atoms with van der Waals surface area (Å²) >= 11 is 0. The van der Waals surface area contributed by atoms with Crippen LogP contribution in [0.3, 0.4) is 0 Å². The van der Waals surface area contributed by atoms with E-state index in [0.717, 1.165) is 36.0 Å². The topological polar surface area (TPSA) is 48.1 Å². The maximum absolute atomic E-state index is 12.1. The number of benzene rings is 1. The third-order valence-electron chi connectivity index (χ3n) is 3.13. The Hall–Kier alpha value is -1.65. The second-order valence-electron chi connectivity index (χ2n) is 5.00. The quantitative estimate of drug-likeness (QED) is 0.589. The number of hydrogen-bond donors (Lipinski definition) is 2. The van der Waals surface area contributed by atoms with Crippen molar-refractivity contribution in [3.63, 3.8) is 0 Å². The van der Waals surface area contributed by atoms with Crippen molar-refractivity contribution in [1.29, 1.82) is 0 Å². The number of para-hydroxylation sites is 1. The highest BCUT2D eigenvalue weighted by atomic mass is 16.1. The third kappa shape index (κ3) is 3.66. The van der Waals surface area contributed by atoms with Crippen LogP contribution in [0, 0.1) is 0 Å². The average molecular weight is 259 g/mol. The van der Waals surface area contributed by atoms with Gasteiger partial charge in [0.05, 0.1) is 6.54 Å². The minimum atomic E-state index is 0.141. The first-order valence-corrected chi connectivity index (χ1v) is 6.63. The molecule has 0 aliphatic carbocycles. The van der Waals surface area contributed by atoms with Gasteiger partial charge in [-0.3, -0.25) is 4.79 Å². The van der Waals surface area contributed by atoms with Crippen molar-refractivity contribution in [1.82, 2.24) is 15.2 Å². The number of H-pyrrole nitrogens is 1. The molecule has 102 valence electrons. The number of carbonyl (C=O) groups excluding carboxylic acids is 1. The van der Waals surface area contributed by atoms with Gasteiger partial charge in [0.25, 0.3) is 0 Å². The smallest absolute Gasteiger partial charge is 0.178 e. The zero-order chi connectivity index (χ0) is 13.7. The number of nitrogens with zero attached hydrogens (tertiary/aromatic N) is 1. The highest BCUT2D eigenvalue weighted by molar-refractivity contribution is 6.08. The number of aromatic amines is 1. The van der Waals surface area contributed by atoms with Crippen LogP contribution in [0.2, 0.25) is 0 Å². The molecule has 2 N–H and O–H groups in total. The van der Waals surface area contributed by atoms with E-state index in [1.165, 1.54) is 0 Å². The molecule has 1 heterocycles. The largest absolute Gasteiger partial charge is 0.360 e. The van der Waals surface area contributed by atoms with Crippen molar-refractivity contribution < 1.29 is 4.79 Å². The Morgan fingerprint density at radius 2 is 2.11 bits per heavy atom. The maximum Gasteiger partial charge on any atom is 0.178 e. The van der Waals surface area contributed by atoms with Gasteiger partial charge < -0.3 is 15.2 Å². The molecule has 2 rings (SSSR count). The molecule has 0 radical (unpaired) electrons. The Morgan fingerprint density at radius 1 is 1.32 bits per heavy atom. The molecule has 0 fully saturated rings. The van der Waals surface area contributed by atoms with Crippen molar-refractivity contribution in [3.05, 3.63) is 36.0 Å². The van der Waals surface area contributed by atoms with Crippen molar-refractivity contribution in [3.8, 4) is 0 Å². The monoisotopic (exact) mass is 259 g/mol. The molecule has 19 heavy (non-hydrogen) atoms. The molecule has 4 nitrogen and oxygen atoms in total. The Morgan fingerprint density at radius 3 is 2.89 bits per heavy atom. The van der Waals surface area contributed by atoms with Gasteiger partial charge in [-0.05, 0) is 39.7 Å². The molecule has 0 saturated heterocycles. The molecule has 0 atom stereocenters. The highest BCUT2D eigenvalue weighted by Gasteiger charge is 2.10. The summed E-state index contributed by atoms with van der Waals surface area (Å²) in [6.45, 7) is 2.30. The molecule has 0 spiro atoms. The van der Waals surface area contributed by atoms with Crippen molar-refractivity contribution in [2.75, 3.05) is 33.7 Å². The zero-order valence-electron chi connectivity index (χ0n) is 11.6. The summed E-state index contributed by atoms with van der Waals surface area (Å²) in [5.41, 5.74) is 1.79. The first-order chi connectivity index (χ1) is 9.18. The van der Waals surface area contributed by atoms with E-state index in [9.17, 15) is 4.79 Å². The molecule has 0 amide bonds. The van der Waals surface area contributed by atoms with Crippen LogP contribution in [0.15, 0.2) is 30.5 Å². The van der Waals surface area contributed by atoms with Crippen LogP contribution in [0.1, 0.15) is 16.8 Å². The van der Waals surface area contributed by atoms with Gasteiger partial charge in [-0.15, -0.1) is 0 Å². The molecular formula is C15H21N3O. The van der Waals surface area contributed by atoms with Crippen LogP contribution in [-0.4, -0.2) is 49.4 Å². The van der Waals surface area contributed by atoms with Gasteiger partial charge in [0.2, 0.25) is 0 Å². The fraction of sp³-hybridized carbons (Fsp3) is 0.400. The highest BCUT2D eigenvalue weighted by Crippen LogP contribution is 2.17. The summed E-state index contributed by atoms with van der Waals surface area (Å²) in [5.74, 6) is 0.141. The van der Waals surface area contributed by atoms with Crippen molar-refractivity contribution in [2.45, 2.75) is 6.42 Å². The lowest BCUT2D eigenvalue weighted by Gasteiger charge is -2.09. The SMILES string of the molecule is CN(C)CCCNCC(=O)c1c[nH]c2ccccc12. The van der Waals surface area contributed by atoms with E-state index in [-0.39, 0.29) is 5.78 Å². The third-order valence-corrected chi connectivity index (χ3v) is 3.13. The molecule has 0 saturated carbocycles. The lowest BCUT2D eigenvalue weighted by Crippen LogP contribution is -2.26. The number of nitrogens with one attached hydrogen (secondary N) is 2. The Kier molecular flexibility index (Phi) is 4.71. The summed E-state index contributed by atoms with van der Waals surface area (Å²) in [5, 5.41) is 4.21. The number of carbonyl (C=O) groups is 1. The predicted octanol–water partition coefficient (Wildman–Crippen LogP) is 1.89. The fourth-order valence-corrected chi connectivity index (χ4v) is 2.12. The van der Waals surface area contributed by atoms with Gasteiger partial charge in [-0.2, -0.15) is 0 Å². The summed E-state index contributed by atoms with van der Waals surface area (Å²) in [7, 11) is 4.11. The van der Waals surface area contributed by atoms with Crippen molar-refractivity contribution >= 4 is 16.7 Å². The zero-order valence-corrected chi connectivity index (χ0v) is 11.6. The van der Waals surface area contributed by atoms with E-state index >= 15 is 0 Å². The number of hydrogen-bond acceptors (Lipinski definition) is 3. The van der Waals surface area contributed by atoms with E-state index in [1.54, 1.807) is 6.20 Å². The van der Waals surface area contributed by atoms with Crippen LogP contribution in [-0.2, 0) is 0 Å². The molecule has 2 aromatic rings. The maximum atomic E-state index is 12.1. The minimum Gasteiger partial charge on any atom is -0.360 e. The van der Waals surface area contributed by atoms with E-state index in [1.807, 2.05) is 24.3 Å². The van der Waals surface area contributed by atoms with E-state index in [0.29, 0.717) is 6.54 Å². The predicted molar refractivity (Wildman–Crippen MR) is 78.7 cm³/mol.